The summed E-state index contributed by atoms with van der Waals surface area (Å²) in [5.74, 6) is -0.908. The van der Waals surface area contributed by atoms with Crippen molar-refractivity contribution in [3.8, 4) is 0 Å². The van der Waals surface area contributed by atoms with Crippen LogP contribution in [0.1, 0.15) is 15.9 Å². The van der Waals surface area contributed by atoms with Crippen molar-refractivity contribution >= 4 is 37.7 Å². The summed E-state index contributed by atoms with van der Waals surface area (Å²) in [6.07, 6.45) is 1.45. The molecule has 2 aromatic rings. The lowest BCUT2D eigenvalue weighted by Crippen LogP contribution is -2.16. The van der Waals surface area contributed by atoms with Crippen LogP contribution < -0.4 is 4.72 Å². The molecule has 21 heavy (non-hydrogen) atoms. The number of aryl methyl sites for hydroxylation is 1. The monoisotopic (exact) mass is 373 g/mol. The number of aromatic carboxylic acids is 1. The van der Waals surface area contributed by atoms with Gasteiger partial charge in [-0.1, -0.05) is 15.9 Å². The number of benzene rings is 1. The molecule has 0 aliphatic rings. The number of anilines is 1. The molecule has 0 fully saturated rings. The Labute approximate surface area is 129 Å². The van der Waals surface area contributed by atoms with E-state index in [-0.39, 0.29) is 16.3 Å². The Morgan fingerprint density at radius 3 is 2.62 bits per heavy atom. The number of sulfonamides is 1. The maximum absolute atomic E-state index is 12.3. The quantitative estimate of drug-likeness (QED) is 0.852. The lowest BCUT2D eigenvalue weighted by atomic mass is 10.1. The Bertz CT molecular complexity index is 814. The summed E-state index contributed by atoms with van der Waals surface area (Å²) in [5.41, 5.74) is 0.386. The average molecular weight is 374 g/mol. The summed E-state index contributed by atoms with van der Waals surface area (Å²) in [7, 11) is -2.32. The summed E-state index contributed by atoms with van der Waals surface area (Å²) < 4.78 is 28.8. The van der Waals surface area contributed by atoms with Gasteiger partial charge in [0.2, 0.25) is 0 Å². The van der Waals surface area contributed by atoms with E-state index in [1.54, 1.807) is 14.0 Å². The normalized spacial score (nSPS) is 11.4. The molecule has 0 aliphatic carbocycles. The topological polar surface area (TPSA) is 101 Å². The van der Waals surface area contributed by atoms with Crippen molar-refractivity contribution < 1.29 is 18.3 Å². The molecule has 0 amide bonds. The van der Waals surface area contributed by atoms with Gasteiger partial charge in [-0.05, 0) is 24.6 Å². The third-order valence-electron chi connectivity index (χ3n) is 2.92. The van der Waals surface area contributed by atoms with Gasteiger partial charge in [0, 0.05) is 17.6 Å². The molecule has 9 heteroatoms. The lowest BCUT2D eigenvalue weighted by Gasteiger charge is -2.11. The predicted octanol–water partition coefficient (Wildman–Crippen LogP) is 1.99. The first-order chi connectivity index (χ1) is 9.72. The van der Waals surface area contributed by atoms with Crippen molar-refractivity contribution in [3.05, 3.63) is 40.0 Å². The smallest absolute Gasteiger partial charge is 0.336 e. The summed E-state index contributed by atoms with van der Waals surface area (Å²) >= 11 is 3.18. The predicted molar refractivity (Wildman–Crippen MR) is 79.9 cm³/mol. The Balaban J connectivity index is 2.50. The van der Waals surface area contributed by atoms with Gasteiger partial charge >= 0.3 is 5.97 Å². The van der Waals surface area contributed by atoms with Gasteiger partial charge in [0.25, 0.3) is 10.0 Å². The molecule has 0 spiro atoms. The Kier molecular flexibility index (Phi) is 4.06. The van der Waals surface area contributed by atoms with E-state index in [0.717, 1.165) is 6.07 Å². The van der Waals surface area contributed by atoms with Gasteiger partial charge in [-0.15, -0.1) is 0 Å². The van der Waals surface area contributed by atoms with Crippen LogP contribution in [0.5, 0.6) is 0 Å². The van der Waals surface area contributed by atoms with Crippen LogP contribution in [0.4, 0.5) is 5.82 Å². The van der Waals surface area contributed by atoms with Crippen molar-refractivity contribution in [3.63, 3.8) is 0 Å². The van der Waals surface area contributed by atoms with Gasteiger partial charge in [-0.2, -0.15) is 5.10 Å². The molecule has 7 nitrogen and oxygen atoms in total. The van der Waals surface area contributed by atoms with E-state index < -0.39 is 16.0 Å². The fraction of sp³-hybridized carbons (Fsp3) is 0.167. The highest BCUT2D eigenvalue weighted by molar-refractivity contribution is 9.10. The molecule has 1 aromatic carbocycles. The second-order valence-corrected chi connectivity index (χ2v) is 6.87. The molecular weight excluding hydrogens is 362 g/mol. The third-order valence-corrected chi connectivity index (χ3v) is 5.08. The van der Waals surface area contributed by atoms with E-state index in [1.807, 2.05) is 0 Å². The van der Waals surface area contributed by atoms with Crippen LogP contribution in [0, 0.1) is 6.92 Å². The van der Waals surface area contributed by atoms with Gasteiger partial charge in [0.1, 0.15) is 5.82 Å². The number of rotatable bonds is 4. The molecule has 0 aliphatic heterocycles. The first-order valence-corrected chi connectivity index (χ1v) is 8.04. The molecule has 1 aromatic heterocycles. The van der Waals surface area contributed by atoms with Crippen LogP contribution in [-0.4, -0.2) is 29.3 Å². The number of nitrogens with one attached hydrogen (secondary N) is 1. The highest BCUT2D eigenvalue weighted by atomic mass is 79.9. The first-order valence-electron chi connectivity index (χ1n) is 5.76. The van der Waals surface area contributed by atoms with Gasteiger partial charge in [-0.25, -0.2) is 13.2 Å². The zero-order valence-electron chi connectivity index (χ0n) is 11.2. The first kappa shape index (κ1) is 15.5. The van der Waals surface area contributed by atoms with E-state index in [1.165, 1.54) is 23.0 Å². The number of carbonyl (C=O) groups is 1. The summed E-state index contributed by atoms with van der Waals surface area (Å²) in [6, 6.07) is 3.99. The molecule has 0 bridgehead atoms. The van der Waals surface area contributed by atoms with E-state index in [0.29, 0.717) is 10.0 Å². The van der Waals surface area contributed by atoms with Gasteiger partial charge in [-0.3, -0.25) is 9.40 Å². The Hall–Kier alpha value is -1.87. The molecule has 2 N–H and O–H groups in total. The van der Waals surface area contributed by atoms with Gasteiger partial charge < -0.3 is 5.11 Å². The van der Waals surface area contributed by atoms with E-state index >= 15 is 0 Å². The molecular formula is C12H12BrN3O4S. The second kappa shape index (κ2) is 5.49. The van der Waals surface area contributed by atoms with Crippen molar-refractivity contribution in [2.24, 2.45) is 7.05 Å². The average Bonchev–Trinajstić information content (AvgIpc) is 2.77. The summed E-state index contributed by atoms with van der Waals surface area (Å²) in [4.78, 5) is 11.0. The highest BCUT2D eigenvalue weighted by Crippen LogP contribution is 2.26. The molecule has 1 heterocycles. The minimum Gasteiger partial charge on any atom is -0.478 e. The van der Waals surface area contributed by atoms with E-state index in [9.17, 15) is 13.2 Å². The van der Waals surface area contributed by atoms with Gasteiger partial charge in [0.15, 0.2) is 0 Å². The lowest BCUT2D eigenvalue weighted by molar-refractivity contribution is 0.0695. The summed E-state index contributed by atoms with van der Waals surface area (Å²) in [5, 5.41) is 13.0. The van der Waals surface area contributed by atoms with Crippen LogP contribution in [-0.2, 0) is 17.1 Å². The van der Waals surface area contributed by atoms with Crippen molar-refractivity contribution in [2.45, 2.75) is 11.8 Å². The maximum atomic E-state index is 12.3. The Morgan fingerprint density at radius 1 is 1.43 bits per heavy atom. The van der Waals surface area contributed by atoms with E-state index in [2.05, 4.69) is 25.8 Å². The van der Waals surface area contributed by atoms with Crippen LogP contribution >= 0.6 is 15.9 Å². The number of nitrogens with zero attached hydrogens (tertiary/aromatic N) is 2. The van der Waals surface area contributed by atoms with Crippen LogP contribution in [0.25, 0.3) is 0 Å². The number of aromatic nitrogens is 2. The zero-order valence-corrected chi connectivity index (χ0v) is 13.6. The number of carboxylic acids is 1. The fourth-order valence-electron chi connectivity index (χ4n) is 1.70. The van der Waals surface area contributed by atoms with Crippen molar-refractivity contribution in [1.82, 2.24) is 9.78 Å². The second-order valence-electron chi connectivity index (χ2n) is 4.33. The SMILES string of the molecule is Cc1c(Br)cc(S(=O)(=O)Nc2ccnn2C)cc1C(=O)O. The minimum atomic E-state index is -3.91. The number of hydrogen-bond donors (Lipinski definition) is 2. The van der Waals surface area contributed by atoms with Crippen molar-refractivity contribution in [1.29, 1.82) is 0 Å². The van der Waals surface area contributed by atoms with Crippen molar-refractivity contribution in [2.75, 3.05) is 4.72 Å². The molecule has 112 valence electrons. The largest absolute Gasteiger partial charge is 0.478 e. The maximum Gasteiger partial charge on any atom is 0.336 e. The van der Waals surface area contributed by atoms with Crippen LogP contribution in [0.2, 0.25) is 0 Å². The molecule has 0 saturated carbocycles. The molecule has 0 unspecified atom stereocenters. The van der Waals surface area contributed by atoms with Gasteiger partial charge in [0.05, 0.1) is 16.7 Å². The molecule has 2 rings (SSSR count). The van der Waals surface area contributed by atoms with Crippen LogP contribution in [0.3, 0.4) is 0 Å². The molecule has 0 radical (unpaired) electrons. The standard InChI is InChI=1S/C12H12BrN3O4S/c1-7-9(12(17)18)5-8(6-10(7)13)21(19,20)15-11-3-4-14-16(11)2/h3-6,15H,1-2H3,(H,17,18). The van der Waals surface area contributed by atoms with E-state index in [4.69, 9.17) is 5.11 Å². The highest BCUT2D eigenvalue weighted by Gasteiger charge is 2.21. The Morgan fingerprint density at radius 2 is 2.10 bits per heavy atom. The molecule has 0 atom stereocenters. The summed E-state index contributed by atoms with van der Waals surface area (Å²) in [6.45, 7) is 1.60. The number of halogens is 1. The fourth-order valence-corrected chi connectivity index (χ4v) is 3.45. The third kappa shape index (κ3) is 3.08. The number of carboxylic acid groups (broad SMARTS) is 1. The zero-order chi connectivity index (χ0) is 15.8. The minimum absolute atomic E-state index is 0.0743. The van der Waals surface area contributed by atoms with Crippen LogP contribution in [0.15, 0.2) is 33.8 Å². The number of hydrogen-bond acceptors (Lipinski definition) is 4. The molecule has 0 saturated heterocycles.